The van der Waals surface area contributed by atoms with E-state index in [0.29, 0.717) is 58.1 Å². The number of nitrogens with zero attached hydrogens (tertiary/aromatic N) is 1. The van der Waals surface area contributed by atoms with Gasteiger partial charge in [-0.2, -0.15) is 4.31 Å². The molecule has 2 N–H and O–H groups in total. The molecule has 1 saturated heterocycles. The fourth-order valence-corrected chi connectivity index (χ4v) is 4.04. The minimum absolute atomic E-state index is 0.133. The third-order valence-corrected chi connectivity index (χ3v) is 6.03. The second kappa shape index (κ2) is 9.98. The Morgan fingerprint density at radius 3 is 2.65 bits per heavy atom. The fraction of sp³-hybridized carbons (Fsp3) is 0.588. The number of carbonyl (C=O) groups excluding carboxylic acids is 1. The maximum absolute atomic E-state index is 12.8. The van der Waals surface area contributed by atoms with Crippen LogP contribution in [0.25, 0.3) is 0 Å². The van der Waals surface area contributed by atoms with Gasteiger partial charge in [-0.1, -0.05) is 6.07 Å². The highest BCUT2D eigenvalue weighted by Crippen LogP contribution is 2.20. The van der Waals surface area contributed by atoms with Crippen molar-refractivity contribution in [1.82, 2.24) is 14.9 Å². The molecule has 1 amide bonds. The van der Waals surface area contributed by atoms with E-state index >= 15 is 0 Å². The molecule has 0 unspecified atom stereocenters. The van der Waals surface area contributed by atoms with Gasteiger partial charge in [-0.15, -0.1) is 0 Å². The zero-order valence-electron chi connectivity index (χ0n) is 15.3. The smallest absolute Gasteiger partial charge is 0.251 e. The van der Waals surface area contributed by atoms with Gasteiger partial charge in [0.15, 0.2) is 0 Å². The molecule has 2 rings (SSSR count). The molecule has 1 heterocycles. The molecular formula is C17H27N3O5S. The molecule has 1 aromatic rings. The van der Waals surface area contributed by atoms with Crippen molar-refractivity contribution in [2.75, 3.05) is 59.7 Å². The quantitative estimate of drug-likeness (QED) is 0.580. The monoisotopic (exact) mass is 385 g/mol. The molecule has 0 spiro atoms. The third kappa shape index (κ3) is 5.49. The van der Waals surface area contributed by atoms with Crippen LogP contribution in [0.4, 0.5) is 0 Å². The van der Waals surface area contributed by atoms with E-state index in [1.54, 1.807) is 26.2 Å². The first-order valence-electron chi connectivity index (χ1n) is 8.63. The summed E-state index contributed by atoms with van der Waals surface area (Å²) in [4.78, 5) is 12.6. The SMILES string of the molecule is COCCNCCNC(=O)c1cc(S(=O)(=O)N2CCOCC2)ccc1C. The number of methoxy groups -OCH3 is 1. The van der Waals surface area contributed by atoms with Crippen LogP contribution < -0.4 is 10.6 Å². The van der Waals surface area contributed by atoms with Crippen LogP contribution in [0.1, 0.15) is 15.9 Å². The van der Waals surface area contributed by atoms with Crippen LogP contribution in [0.2, 0.25) is 0 Å². The Kier molecular flexibility index (Phi) is 7.98. The molecule has 0 aliphatic carbocycles. The van der Waals surface area contributed by atoms with E-state index in [9.17, 15) is 13.2 Å². The number of sulfonamides is 1. The summed E-state index contributed by atoms with van der Waals surface area (Å²) in [6, 6.07) is 4.66. The van der Waals surface area contributed by atoms with Gasteiger partial charge in [0.05, 0.1) is 24.7 Å². The second-order valence-corrected chi connectivity index (χ2v) is 7.93. The Bertz CT molecular complexity index is 702. The van der Waals surface area contributed by atoms with Crippen molar-refractivity contribution in [2.45, 2.75) is 11.8 Å². The summed E-state index contributed by atoms with van der Waals surface area (Å²) in [5, 5.41) is 5.94. The highest BCUT2D eigenvalue weighted by Gasteiger charge is 2.27. The van der Waals surface area contributed by atoms with Crippen LogP contribution in [0.5, 0.6) is 0 Å². The zero-order valence-corrected chi connectivity index (χ0v) is 16.1. The molecule has 1 fully saturated rings. The van der Waals surface area contributed by atoms with Gasteiger partial charge in [0.25, 0.3) is 5.91 Å². The van der Waals surface area contributed by atoms with Crippen LogP contribution in [-0.2, 0) is 19.5 Å². The Morgan fingerprint density at radius 2 is 1.96 bits per heavy atom. The average Bonchev–Trinajstić information content (AvgIpc) is 2.65. The van der Waals surface area contributed by atoms with Gasteiger partial charge in [0.1, 0.15) is 0 Å². The predicted octanol–water partition coefficient (Wildman–Crippen LogP) is -0.0183. The van der Waals surface area contributed by atoms with E-state index in [-0.39, 0.29) is 10.8 Å². The van der Waals surface area contributed by atoms with Crippen molar-refractivity contribution in [3.8, 4) is 0 Å². The molecule has 8 nitrogen and oxygen atoms in total. The lowest BCUT2D eigenvalue weighted by Gasteiger charge is -2.26. The zero-order chi connectivity index (χ0) is 19.0. The van der Waals surface area contributed by atoms with Gasteiger partial charge in [-0.25, -0.2) is 8.42 Å². The lowest BCUT2D eigenvalue weighted by Crippen LogP contribution is -2.40. The van der Waals surface area contributed by atoms with Crippen molar-refractivity contribution in [1.29, 1.82) is 0 Å². The van der Waals surface area contributed by atoms with E-state index < -0.39 is 10.0 Å². The molecule has 0 bridgehead atoms. The summed E-state index contributed by atoms with van der Waals surface area (Å²) >= 11 is 0. The summed E-state index contributed by atoms with van der Waals surface area (Å²) in [6.45, 7) is 5.57. The molecule has 0 saturated carbocycles. The first kappa shape index (κ1) is 20.8. The number of hydrogen-bond acceptors (Lipinski definition) is 6. The summed E-state index contributed by atoms with van der Waals surface area (Å²) in [7, 11) is -1.99. The minimum Gasteiger partial charge on any atom is -0.383 e. The predicted molar refractivity (Wildman–Crippen MR) is 97.8 cm³/mol. The highest BCUT2D eigenvalue weighted by molar-refractivity contribution is 7.89. The van der Waals surface area contributed by atoms with E-state index in [1.165, 1.54) is 10.4 Å². The van der Waals surface area contributed by atoms with Crippen molar-refractivity contribution in [3.05, 3.63) is 29.3 Å². The average molecular weight is 385 g/mol. The molecule has 1 aromatic carbocycles. The Morgan fingerprint density at radius 1 is 1.23 bits per heavy atom. The van der Waals surface area contributed by atoms with Gasteiger partial charge < -0.3 is 20.1 Å². The van der Waals surface area contributed by atoms with E-state index in [2.05, 4.69) is 10.6 Å². The molecular weight excluding hydrogens is 358 g/mol. The summed E-state index contributed by atoms with van der Waals surface area (Å²) in [6.07, 6.45) is 0. The first-order chi connectivity index (χ1) is 12.5. The lowest BCUT2D eigenvalue weighted by molar-refractivity contribution is 0.0730. The number of amides is 1. The van der Waals surface area contributed by atoms with Gasteiger partial charge in [-0.3, -0.25) is 4.79 Å². The van der Waals surface area contributed by atoms with Crippen molar-refractivity contribution in [3.63, 3.8) is 0 Å². The molecule has 0 aromatic heterocycles. The number of morpholine rings is 1. The first-order valence-corrected chi connectivity index (χ1v) is 10.1. The molecule has 1 aliphatic rings. The lowest BCUT2D eigenvalue weighted by atomic mass is 10.1. The van der Waals surface area contributed by atoms with E-state index in [0.717, 1.165) is 5.56 Å². The fourth-order valence-electron chi connectivity index (χ4n) is 2.60. The standard InChI is InChI=1S/C17H27N3O5S/c1-14-3-4-15(26(22,23)20-8-11-25-12-9-20)13-16(14)17(21)19-6-5-18-7-10-24-2/h3-4,13,18H,5-12H2,1-2H3,(H,19,21). The molecule has 26 heavy (non-hydrogen) atoms. The van der Waals surface area contributed by atoms with Gasteiger partial charge in [0, 0.05) is 45.4 Å². The van der Waals surface area contributed by atoms with Gasteiger partial charge in [-0.05, 0) is 24.6 Å². The number of hydrogen-bond donors (Lipinski definition) is 2. The topological polar surface area (TPSA) is 97.0 Å². The van der Waals surface area contributed by atoms with E-state index in [4.69, 9.17) is 9.47 Å². The molecule has 1 aliphatic heterocycles. The largest absolute Gasteiger partial charge is 0.383 e. The van der Waals surface area contributed by atoms with Crippen LogP contribution in [-0.4, -0.2) is 78.3 Å². The number of nitrogens with one attached hydrogen (secondary N) is 2. The van der Waals surface area contributed by atoms with Gasteiger partial charge >= 0.3 is 0 Å². The normalized spacial score (nSPS) is 15.8. The van der Waals surface area contributed by atoms with Crippen molar-refractivity contribution in [2.24, 2.45) is 0 Å². The number of aryl methyl sites for hydroxylation is 1. The Balaban J connectivity index is 2.03. The molecule has 0 atom stereocenters. The Hall–Kier alpha value is -1.52. The third-order valence-electron chi connectivity index (χ3n) is 4.13. The number of carbonyl (C=O) groups is 1. The molecule has 9 heteroatoms. The number of benzene rings is 1. The second-order valence-electron chi connectivity index (χ2n) is 5.99. The summed E-state index contributed by atoms with van der Waals surface area (Å²) in [5.41, 5.74) is 1.10. The van der Waals surface area contributed by atoms with Crippen LogP contribution in [0.3, 0.4) is 0 Å². The molecule has 0 radical (unpaired) electrons. The summed E-state index contributed by atoms with van der Waals surface area (Å²) < 4.78 is 37.0. The number of ether oxygens (including phenoxy) is 2. The summed E-state index contributed by atoms with van der Waals surface area (Å²) in [5.74, 6) is -0.282. The highest BCUT2D eigenvalue weighted by atomic mass is 32.2. The maximum atomic E-state index is 12.8. The van der Waals surface area contributed by atoms with Crippen LogP contribution in [0.15, 0.2) is 23.1 Å². The minimum atomic E-state index is -3.62. The Labute approximate surface area is 154 Å². The number of rotatable bonds is 9. The maximum Gasteiger partial charge on any atom is 0.251 e. The van der Waals surface area contributed by atoms with Gasteiger partial charge in [0.2, 0.25) is 10.0 Å². The van der Waals surface area contributed by atoms with Crippen molar-refractivity contribution < 1.29 is 22.7 Å². The molecule has 146 valence electrons. The van der Waals surface area contributed by atoms with Crippen molar-refractivity contribution >= 4 is 15.9 Å². The van der Waals surface area contributed by atoms with Crippen LogP contribution in [0, 0.1) is 6.92 Å². The van der Waals surface area contributed by atoms with Crippen LogP contribution >= 0.6 is 0 Å². The van der Waals surface area contributed by atoms with E-state index in [1.807, 2.05) is 0 Å².